The van der Waals surface area contributed by atoms with Crippen molar-refractivity contribution < 1.29 is 19.1 Å². The molecule has 1 saturated heterocycles. The van der Waals surface area contributed by atoms with Crippen LogP contribution in [0.15, 0.2) is 24.3 Å². The summed E-state index contributed by atoms with van der Waals surface area (Å²) in [7, 11) is 3.10. The molecule has 1 unspecified atom stereocenters. The zero-order valence-corrected chi connectivity index (χ0v) is 14.5. The molecule has 1 heterocycles. The van der Waals surface area contributed by atoms with Crippen molar-refractivity contribution in [2.75, 3.05) is 33.8 Å². The fourth-order valence-electron chi connectivity index (χ4n) is 2.74. The summed E-state index contributed by atoms with van der Waals surface area (Å²) >= 11 is 0. The van der Waals surface area contributed by atoms with E-state index >= 15 is 0 Å². The molecule has 25 heavy (non-hydrogen) atoms. The Labute approximate surface area is 146 Å². The Morgan fingerprint density at radius 2 is 2.08 bits per heavy atom. The highest BCUT2D eigenvalue weighted by atomic mass is 16.5. The van der Waals surface area contributed by atoms with Crippen LogP contribution in [-0.2, 0) is 20.9 Å². The van der Waals surface area contributed by atoms with Crippen molar-refractivity contribution in [3.63, 3.8) is 0 Å². The van der Waals surface area contributed by atoms with Gasteiger partial charge in [0.15, 0.2) is 0 Å². The maximum atomic E-state index is 12.2. The molecule has 2 rings (SSSR count). The molecular weight excluding hydrogens is 324 g/mol. The largest absolute Gasteiger partial charge is 0.496 e. The Kier molecular flexibility index (Phi) is 6.76. The minimum atomic E-state index is -0.580. The van der Waals surface area contributed by atoms with Gasteiger partial charge in [-0.15, -0.1) is 0 Å². The fourth-order valence-corrected chi connectivity index (χ4v) is 2.74. The first kappa shape index (κ1) is 18.7. The second kappa shape index (κ2) is 9.03. The third kappa shape index (κ3) is 5.18. The van der Waals surface area contributed by atoms with Crippen molar-refractivity contribution in [3.05, 3.63) is 29.8 Å². The van der Waals surface area contributed by atoms with Crippen LogP contribution in [0.1, 0.15) is 12.0 Å². The molecule has 8 nitrogen and oxygen atoms in total. The number of methoxy groups -OCH3 is 1. The summed E-state index contributed by atoms with van der Waals surface area (Å²) in [6, 6.07) is 7.02. The van der Waals surface area contributed by atoms with Crippen molar-refractivity contribution in [3.8, 4) is 5.75 Å². The van der Waals surface area contributed by atoms with Gasteiger partial charge in [0.25, 0.3) is 0 Å². The van der Waals surface area contributed by atoms with E-state index < -0.39 is 6.04 Å². The van der Waals surface area contributed by atoms with Crippen LogP contribution in [0.4, 0.5) is 0 Å². The van der Waals surface area contributed by atoms with E-state index in [1.807, 2.05) is 29.2 Å². The minimum Gasteiger partial charge on any atom is -0.496 e. The topological polar surface area (TPSA) is 99.8 Å². The van der Waals surface area contributed by atoms with E-state index in [0.717, 1.165) is 11.3 Å². The zero-order valence-electron chi connectivity index (χ0n) is 14.5. The van der Waals surface area contributed by atoms with E-state index in [0.29, 0.717) is 19.6 Å². The summed E-state index contributed by atoms with van der Waals surface area (Å²) < 4.78 is 5.36. The highest BCUT2D eigenvalue weighted by Crippen LogP contribution is 2.21. The van der Waals surface area contributed by atoms with Crippen LogP contribution in [0.5, 0.6) is 5.75 Å². The molecule has 8 heteroatoms. The van der Waals surface area contributed by atoms with E-state index in [4.69, 9.17) is 4.74 Å². The number of piperazine rings is 1. The van der Waals surface area contributed by atoms with Gasteiger partial charge in [0.05, 0.1) is 26.1 Å². The average molecular weight is 348 g/mol. The lowest BCUT2D eigenvalue weighted by Crippen LogP contribution is -2.56. The molecule has 0 aliphatic carbocycles. The number of ether oxygens (including phenoxy) is 1. The molecule has 0 saturated carbocycles. The maximum absolute atomic E-state index is 12.2. The first-order valence-corrected chi connectivity index (χ1v) is 8.16. The van der Waals surface area contributed by atoms with Crippen molar-refractivity contribution in [1.82, 2.24) is 20.9 Å². The van der Waals surface area contributed by atoms with Gasteiger partial charge < -0.3 is 20.7 Å². The predicted octanol–water partition coefficient (Wildman–Crippen LogP) is -0.752. The molecule has 1 atom stereocenters. The first-order chi connectivity index (χ1) is 12.0. The number of likely N-dealkylation sites (N-methyl/N-ethyl adjacent to an activating group) is 1. The number of para-hydroxylation sites is 1. The molecular formula is C17H24N4O4. The summed E-state index contributed by atoms with van der Waals surface area (Å²) in [5.41, 5.74) is 0.954. The van der Waals surface area contributed by atoms with Crippen LogP contribution in [0.25, 0.3) is 0 Å². The lowest BCUT2D eigenvalue weighted by atomic mass is 10.1. The van der Waals surface area contributed by atoms with E-state index in [9.17, 15) is 14.4 Å². The molecule has 0 spiro atoms. The zero-order chi connectivity index (χ0) is 18.2. The van der Waals surface area contributed by atoms with Crippen LogP contribution in [0.3, 0.4) is 0 Å². The second-order valence-electron chi connectivity index (χ2n) is 5.74. The number of carbonyl (C=O) groups excluding carboxylic acids is 3. The Balaban J connectivity index is 2.03. The molecule has 1 aliphatic rings. The van der Waals surface area contributed by atoms with Crippen LogP contribution < -0.4 is 20.7 Å². The normalized spacial score (nSPS) is 17.5. The molecule has 1 aromatic carbocycles. The molecule has 136 valence electrons. The Morgan fingerprint density at radius 1 is 1.32 bits per heavy atom. The van der Waals surface area contributed by atoms with Crippen molar-refractivity contribution in [2.45, 2.75) is 19.0 Å². The highest BCUT2D eigenvalue weighted by Gasteiger charge is 2.32. The van der Waals surface area contributed by atoms with Gasteiger partial charge in [0.1, 0.15) is 5.75 Å². The molecule has 0 radical (unpaired) electrons. The minimum absolute atomic E-state index is 0.00201. The average Bonchev–Trinajstić information content (AvgIpc) is 2.63. The summed E-state index contributed by atoms with van der Waals surface area (Å²) in [5.74, 6) is -0.0597. The quantitative estimate of drug-likeness (QED) is 0.602. The number of hydrogen-bond acceptors (Lipinski definition) is 5. The van der Waals surface area contributed by atoms with Crippen molar-refractivity contribution in [1.29, 1.82) is 0 Å². The number of carbonyl (C=O) groups is 3. The van der Waals surface area contributed by atoms with Crippen LogP contribution in [0.2, 0.25) is 0 Å². The van der Waals surface area contributed by atoms with E-state index in [-0.39, 0.29) is 30.7 Å². The van der Waals surface area contributed by atoms with Crippen LogP contribution in [0, 0.1) is 0 Å². The highest BCUT2D eigenvalue weighted by molar-refractivity contribution is 5.90. The first-order valence-electron chi connectivity index (χ1n) is 8.16. The SMILES string of the molecule is CNC(=O)CNC(=O)CC1C(=O)NCCN1Cc1ccccc1OC. The Bertz CT molecular complexity index is 635. The lowest BCUT2D eigenvalue weighted by Gasteiger charge is -2.35. The van der Waals surface area contributed by atoms with E-state index in [2.05, 4.69) is 16.0 Å². The Morgan fingerprint density at radius 3 is 2.80 bits per heavy atom. The van der Waals surface area contributed by atoms with Gasteiger partial charge in [-0.25, -0.2) is 0 Å². The monoisotopic (exact) mass is 348 g/mol. The summed E-state index contributed by atoms with van der Waals surface area (Å²) in [5, 5.41) is 7.74. The fraction of sp³-hybridized carbons (Fsp3) is 0.471. The van der Waals surface area contributed by atoms with Crippen LogP contribution >= 0.6 is 0 Å². The van der Waals surface area contributed by atoms with Gasteiger partial charge in [-0.2, -0.15) is 0 Å². The molecule has 3 amide bonds. The van der Waals surface area contributed by atoms with Gasteiger partial charge in [-0.3, -0.25) is 19.3 Å². The number of amides is 3. The third-order valence-electron chi connectivity index (χ3n) is 4.11. The molecule has 1 fully saturated rings. The molecule has 0 bridgehead atoms. The van der Waals surface area contributed by atoms with Gasteiger partial charge in [0, 0.05) is 32.2 Å². The number of hydrogen-bond donors (Lipinski definition) is 3. The molecule has 1 aromatic rings. The van der Waals surface area contributed by atoms with E-state index in [1.165, 1.54) is 7.05 Å². The van der Waals surface area contributed by atoms with Gasteiger partial charge in [0.2, 0.25) is 17.7 Å². The van der Waals surface area contributed by atoms with Gasteiger partial charge in [-0.1, -0.05) is 18.2 Å². The maximum Gasteiger partial charge on any atom is 0.239 e. The second-order valence-corrected chi connectivity index (χ2v) is 5.74. The smallest absolute Gasteiger partial charge is 0.239 e. The number of benzene rings is 1. The van der Waals surface area contributed by atoms with Crippen LogP contribution in [-0.4, -0.2) is 62.5 Å². The summed E-state index contributed by atoms with van der Waals surface area (Å²) in [6.45, 7) is 1.57. The molecule has 3 N–H and O–H groups in total. The molecule has 0 aromatic heterocycles. The van der Waals surface area contributed by atoms with Crippen molar-refractivity contribution in [2.24, 2.45) is 0 Å². The summed E-state index contributed by atoms with van der Waals surface area (Å²) in [6.07, 6.45) is -0.00201. The summed E-state index contributed by atoms with van der Waals surface area (Å²) in [4.78, 5) is 37.5. The number of nitrogens with one attached hydrogen (secondary N) is 3. The lowest BCUT2D eigenvalue weighted by molar-refractivity contribution is -0.134. The van der Waals surface area contributed by atoms with E-state index in [1.54, 1.807) is 7.11 Å². The Hall–Kier alpha value is -2.61. The number of rotatable bonds is 7. The standard InChI is InChI=1S/C17H24N4O4/c1-18-16(23)10-20-15(22)9-13-17(24)19-7-8-21(13)11-12-5-3-4-6-14(12)25-2/h3-6,13H,7-11H2,1-2H3,(H,18,23)(H,19,24)(H,20,22). The number of nitrogens with zero attached hydrogens (tertiary/aromatic N) is 1. The van der Waals surface area contributed by atoms with Crippen molar-refractivity contribution >= 4 is 17.7 Å². The van der Waals surface area contributed by atoms with Gasteiger partial charge in [-0.05, 0) is 6.07 Å². The molecule has 1 aliphatic heterocycles. The van der Waals surface area contributed by atoms with Gasteiger partial charge >= 0.3 is 0 Å². The predicted molar refractivity (Wildman–Crippen MR) is 91.9 cm³/mol. The third-order valence-corrected chi connectivity index (χ3v) is 4.11.